The molecule has 0 bridgehead atoms. The molecule has 1 aromatic carbocycles. The summed E-state index contributed by atoms with van der Waals surface area (Å²) < 4.78 is 13.3. The predicted molar refractivity (Wildman–Crippen MR) is 99.5 cm³/mol. The molecule has 110 valence electrons. The Bertz CT molecular complexity index is 654. The van der Waals surface area contributed by atoms with E-state index < -0.39 is 0 Å². The average Bonchev–Trinajstić information content (AvgIpc) is 2.77. The normalized spacial score (nSPS) is 10.8. The maximum atomic E-state index is 11.6. The number of benzene rings is 1. The molecule has 1 N–H and O–H groups in total. The SMILES string of the molecule is O=C(COc1ccccc1I)N/N=C/c1cc(Br)c(I)o1. The van der Waals surface area contributed by atoms with E-state index >= 15 is 0 Å². The third-order valence-corrected chi connectivity index (χ3v) is 5.26. The first-order chi connectivity index (χ1) is 10.1. The first-order valence-corrected chi connectivity index (χ1v) is 8.65. The number of hydrazone groups is 1. The summed E-state index contributed by atoms with van der Waals surface area (Å²) >= 11 is 7.52. The summed E-state index contributed by atoms with van der Waals surface area (Å²) in [5.41, 5.74) is 2.37. The fraction of sp³-hybridized carbons (Fsp3) is 0.0769. The van der Waals surface area contributed by atoms with E-state index in [0.29, 0.717) is 11.5 Å². The van der Waals surface area contributed by atoms with Gasteiger partial charge in [0, 0.05) is 28.7 Å². The Balaban J connectivity index is 1.81. The lowest BCUT2D eigenvalue weighted by atomic mass is 10.3. The Morgan fingerprint density at radius 2 is 2.19 bits per heavy atom. The van der Waals surface area contributed by atoms with Crippen molar-refractivity contribution in [3.8, 4) is 5.75 Å². The molecule has 5 nitrogen and oxygen atoms in total. The van der Waals surface area contributed by atoms with Crippen LogP contribution in [-0.4, -0.2) is 18.7 Å². The number of carbonyl (C=O) groups is 1. The second-order valence-electron chi connectivity index (χ2n) is 3.78. The topological polar surface area (TPSA) is 63.8 Å². The molecule has 1 aromatic heterocycles. The molecular weight excluding hydrogens is 566 g/mol. The molecule has 2 aromatic rings. The van der Waals surface area contributed by atoms with Crippen molar-refractivity contribution in [3.63, 3.8) is 0 Å². The smallest absolute Gasteiger partial charge is 0.277 e. The molecule has 0 atom stereocenters. The number of nitrogens with zero attached hydrogens (tertiary/aromatic N) is 1. The van der Waals surface area contributed by atoms with Crippen molar-refractivity contribution >= 4 is 73.2 Å². The first kappa shape index (κ1) is 16.7. The van der Waals surface area contributed by atoms with Crippen molar-refractivity contribution in [1.29, 1.82) is 0 Å². The minimum absolute atomic E-state index is 0.100. The van der Waals surface area contributed by atoms with E-state index in [0.717, 1.165) is 11.8 Å². The van der Waals surface area contributed by atoms with Gasteiger partial charge in [0.05, 0.1) is 14.3 Å². The van der Waals surface area contributed by atoms with Crippen LogP contribution in [0.15, 0.2) is 44.3 Å². The monoisotopic (exact) mass is 574 g/mol. The van der Waals surface area contributed by atoms with E-state index in [9.17, 15) is 4.79 Å². The zero-order chi connectivity index (χ0) is 15.2. The van der Waals surface area contributed by atoms with Gasteiger partial charge in [0.1, 0.15) is 11.5 Å². The van der Waals surface area contributed by atoms with Crippen molar-refractivity contribution < 1.29 is 13.9 Å². The number of hydrogen-bond acceptors (Lipinski definition) is 4. The van der Waals surface area contributed by atoms with Gasteiger partial charge in [-0.2, -0.15) is 5.10 Å². The molecule has 0 aliphatic carbocycles. The van der Waals surface area contributed by atoms with Crippen molar-refractivity contribution in [2.75, 3.05) is 6.61 Å². The summed E-state index contributed by atoms with van der Waals surface area (Å²) in [7, 11) is 0. The Hall–Kier alpha value is -0.620. The number of furan rings is 1. The largest absolute Gasteiger partial charge is 0.483 e. The molecule has 0 saturated heterocycles. The molecule has 0 aliphatic rings. The minimum atomic E-state index is -0.341. The molecule has 1 amide bonds. The summed E-state index contributed by atoms with van der Waals surface area (Å²) in [4.78, 5) is 11.6. The zero-order valence-corrected chi connectivity index (χ0v) is 16.4. The van der Waals surface area contributed by atoms with Crippen LogP contribution in [0.1, 0.15) is 5.76 Å². The highest BCUT2D eigenvalue weighted by atomic mass is 127. The predicted octanol–water partition coefficient (Wildman–Crippen LogP) is 3.78. The second-order valence-corrected chi connectivity index (χ2v) is 6.78. The molecule has 8 heteroatoms. The Morgan fingerprint density at radius 1 is 1.43 bits per heavy atom. The maximum absolute atomic E-state index is 11.6. The summed E-state index contributed by atoms with van der Waals surface area (Å²) in [6, 6.07) is 9.23. The lowest BCUT2D eigenvalue weighted by Crippen LogP contribution is -2.24. The molecule has 0 fully saturated rings. The van der Waals surface area contributed by atoms with Gasteiger partial charge in [-0.05, 0) is 50.7 Å². The van der Waals surface area contributed by atoms with E-state index in [-0.39, 0.29) is 12.5 Å². The molecule has 0 unspecified atom stereocenters. The highest BCUT2D eigenvalue weighted by molar-refractivity contribution is 14.1. The zero-order valence-electron chi connectivity index (χ0n) is 10.5. The van der Waals surface area contributed by atoms with Crippen molar-refractivity contribution in [2.45, 2.75) is 0 Å². The lowest BCUT2D eigenvalue weighted by molar-refractivity contribution is -0.123. The molecular formula is C13H9BrI2N2O3. The van der Waals surface area contributed by atoms with Crippen LogP contribution in [0.3, 0.4) is 0 Å². The number of halogens is 3. The van der Waals surface area contributed by atoms with Crippen LogP contribution in [0.25, 0.3) is 0 Å². The third-order valence-electron chi connectivity index (χ3n) is 2.24. The number of rotatable bonds is 5. The third kappa shape index (κ3) is 5.25. The highest BCUT2D eigenvalue weighted by Gasteiger charge is 2.05. The number of nitrogens with one attached hydrogen (secondary N) is 1. The number of amides is 1. The number of carbonyl (C=O) groups excluding carboxylic acids is 1. The molecule has 0 radical (unpaired) electrons. The number of para-hydroxylation sites is 1. The summed E-state index contributed by atoms with van der Waals surface area (Å²) in [5, 5.41) is 3.81. The van der Waals surface area contributed by atoms with Crippen LogP contribution in [-0.2, 0) is 4.79 Å². The summed E-state index contributed by atoms with van der Waals surface area (Å²) in [5.74, 6) is 0.873. The minimum Gasteiger partial charge on any atom is -0.483 e. The molecule has 0 saturated carbocycles. The van der Waals surface area contributed by atoms with Gasteiger partial charge in [0.2, 0.25) is 0 Å². The van der Waals surface area contributed by atoms with E-state index in [1.807, 2.05) is 40.8 Å². The van der Waals surface area contributed by atoms with Gasteiger partial charge < -0.3 is 9.15 Å². The van der Waals surface area contributed by atoms with Gasteiger partial charge in [-0.3, -0.25) is 4.79 Å². The van der Waals surface area contributed by atoms with Crippen LogP contribution < -0.4 is 10.2 Å². The molecule has 2 rings (SSSR count). The van der Waals surface area contributed by atoms with Crippen molar-refractivity contribution in [3.05, 3.63) is 47.9 Å². The highest BCUT2D eigenvalue weighted by Crippen LogP contribution is 2.22. The van der Waals surface area contributed by atoms with Crippen molar-refractivity contribution in [2.24, 2.45) is 5.10 Å². The van der Waals surface area contributed by atoms with Gasteiger partial charge >= 0.3 is 0 Å². The van der Waals surface area contributed by atoms with Gasteiger partial charge in [-0.15, -0.1) is 0 Å². The Morgan fingerprint density at radius 3 is 2.86 bits per heavy atom. The van der Waals surface area contributed by atoms with Crippen LogP contribution in [0.2, 0.25) is 0 Å². The van der Waals surface area contributed by atoms with E-state index in [2.05, 4.69) is 49.0 Å². The first-order valence-electron chi connectivity index (χ1n) is 5.70. The summed E-state index contributed by atoms with van der Waals surface area (Å²) in [6.45, 7) is -0.100. The van der Waals surface area contributed by atoms with Gasteiger partial charge in [-0.1, -0.05) is 12.1 Å². The fourth-order valence-electron chi connectivity index (χ4n) is 1.33. The van der Waals surface area contributed by atoms with E-state index in [1.165, 1.54) is 6.21 Å². The number of hydrogen-bond donors (Lipinski definition) is 1. The Labute approximate surface area is 156 Å². The molecule has 1 heterocycles. The summed E-state index contributed by atoms with van der Waals surface area (Å²) in [6.07, 6.45) is 1.43. The van der Waals surface area contributed by atoms with E-state index in [4.69, 9.17) is 9.15 Å². The Kier molecular flexibility index (Phi) is 6.48. The quantitative estimate of drug-likeness (QED) is 0.336. The van der Waals surface area contributed by atoms with E-state index in [1.54, 1.807) is 12.1 Å². The fourth-order valence-corrected chi connectivity index (χ4v) is 2.59. The van der Waals surface area contributed by atoms with Crippen LogP contribution in [0.5, 0.6) is 5.75 Å². The molecule has 21 heavy (non-hydrogen) atoms. The van der Waals surface area contributed by atoms with Crippen LogP contribution in [0, 0.1) is 7.34 Å². The second kappa shape index (κ2) is 8.13. The van der Waals surface area contributed by atoms with Gasteiger partial charge in [0.15, 0.2) is 10.4 Å². The lowest BCUT2D eigenvalue weighted by Gasteiger charge is -2.06. The number of ether oxygens (including phenoxy) is 1. The average molecular weight is 575 g/mol. The molecule has 0 spiro atoms. The van der Waals surface area contributed by atoms with Crippen molar-refractivity contribution in [1.82, 2.24) is 5.43 Å². The van der Waals surface area contributed by atoms with Crippen LogP contribution >= 0.6 is 61.1 Å². The van der Waals surface area contributed by atoms with Crippen LogP contribution in [0.4, 0.5) is 0 Å². The van der Waals surface area contributed by atoms with Gasteiger partial charge in [0.25, 0.3) is 5.91 Å². The standard InChI is InChI=1S/C13H9BrI2N2O3/c14-9-5-8(21-13(9)16)6-17-18-12(19)7-20-11-4-2-1-3-10(11)15/h1-6H,7H2,(H,18,19)/b17-6+. The molecule has 0 aliphatic heterocycles. The van der Waals surface area contributed by atoms with Gasteiger partial charge in [-0.25, -0.2) is 5.43 Å². The maximum Gasteiger partial charge on any atom is 0.277 e.